The Labute approximate surface area is 124 Å². The van der Waals surface area contributed by atoms with E-state index in [0.29, 0.717) is 16.9 Å². The summed E-state index contributed by atoms with van der Waals surface area (Å²) in [5, 5.41) is 0. The van der Waals surface area contributed by atoms with Crippen molar-refractivity contribution in [2.24, 2.45) is 0 Å². The molecule has 0 aliphatic heterocycles. The third-order valence-corrected chi connectivity index (χ3v) is 2.69. The van der Waals surface area contributed by atoms with Crippen molar-refractivity contribution in [1.82, 2.24) is 0 Å². The maximum Gasteiger partial charge on any atom is 0.337 e. The van der Waals surface area contributed by atoms with Gasteiger partial charge in [-0.05, 0) is 30.7 Å². The summed E-state index contributed by atoms with van der Waals surface area (Å²) in [6, 6.07) is 6.94. The molecule has 110 valence electrons. The first-order valence-electron chi connectivity index (χ1n) is 6.37. The van der Waals surface area contributed by atoms with E-state index in [-0.39, 0.29) is 6.61 Å². The number of aldehydes is 1. The highest BCUT2D eigenvalue weighted by atomic mass is 16.5. The molecule has 0 spiro atoms. The van der Waals surface area contributed by atoms with Crippen molar-refractivity contribution in [3.8, 4) is 0 Å². The van der Waals surface area contributed by atoms with Crippen LogP contribution in [0.15, 0.2) is 60.4 Å². The second-order valence-corrected chi connectivity index (χ2v) is 4.24. The number of carbonyl (C=O) groups is 2. The maximum absolute atomic E-state index is 11.5. The van der Waals surface area contributed by atoms with Crippen molar-refractivity contribution in [3.05, 3.63) is 71.5 Å². The standard InChI is InChI=1S/C17H18O4/c1-4-5-9-16(13(2)11-18)21-12-14-7-6-8-15(10-14)17(19)20-3/h4-11H,1,12H2,2-3H3/b9-5-,16-13-. The number of ether oxygens (including phenoxy) is 2. The average molecular weight is 286 g/mol. The quantitative estimate of drug-likeness (QED) is 0.254. The van der Waals surface area contributed by atoms with Gasteiger partial charge in [-0.2, -0.15) is 0 Å². The van der Waals surface area contributed by atoms with Gasteiger partial charge in [0.1, 0.15) is 18.7 Å². The summed E-state index contributed by atoms with van der Waals surface area (Å²) in [6.45, 7) is 5.48. The summed E-state index contributed by atoms with van der Waals surface area (Å²) in [7, 11) is 1.33. The van der Waals surface area contributed by atoms with Crippen molar-refractivity contribution in [2.75, 3.05) is 7.11 Å². The molecule has 0 bridgehead atoms. The Hall–Kier alpha value is -2.62. The molecule has 21 heavy (non-hydrogen) atoms. The minimum absolute atomic E-state index is 0.243. The maximum atomic E-state index is 11.5. The molecular formula is C17H18O4. The lowest BCUT2D eigenvalue weighted by atomic mass is 10.1. The number of carbonyl (C=O) groups excluding carboxylic acids is 2. The molecule has 0 unspecified atom stereocenters. The summed E-state index contributed by atoms with van der Waals surface area (Å²) in [5.74, 6) is 0.0663. The minimum Gasteiger partial charge on any atom is -0.489 e. The highest BCUT2D eigenvalue weighted by Crippen LogP contribution is 2.13. The van der Waals surface area contributed by atoms with Gasteiger partial charge in [0.2, 0.25) is 0 Å². The van der Waals surface area contributed by atoms with Crippen LogP contribution in [0, 0.1) is 0 Å². The Balaban J connectivity index is 2.86. The normalized spacial score (nSPS) is 11.7. The van der Waals surface area contributed by atoms with E-state index in [9.17, 15) is 9.59 Å². The predicted octanol–water partition coefficient (Wildman–Crippen LogP) is 3.20. The van der Waals surface area contributed by atoms with Gasteiger partial charge >= 0.3 is 5.97 Å². The van der Waals surface area contributed by atoms with Gasteiger partial charge in [-0.1, -0.05) is 30.9 Å². The van der Waals surface area contributed by atoms with Gasteiger partial charge in [0.05, 0.1) is 12.7 Å². The first-order valence-corrected chi connectivity index (χ1v) is 6.37. The molecule has 0 amide bonds. The van der Waals surface area contributed by atoms with Crippen LogP contribution in [0.2, 0.25) is 0 Å². The van der Waals surface area contributed by atoms with Crippen LogP contribution in [-0.4, -0.2) is 19.4 Å². The molecule has 0 fully saturated rings. The Morgan fingerprint density at radius 2 is 2.14 bits per heavy atom. The molecule has 1 aromatic rings. The monoisotopic (exact) mass is 286 g/mol. The van der Waals surface area contributed by atoms with Gasteiger partial charge < -0.3 is 9.47 Å². The van der Waals surface area contributed by atoms with E-state index in [4.69, 9.17) is 4.74 Å². The zero-order valence-corrected chi connectivity index (χ0v) is 12.2. The van der Waals surface area contributed by atoms with E-state index < -0.39 is 5.97 Å². The molecule has 1 aromatic carbocycles. The Bertz CT molecular complexity index is 582. The van der Waals surface area contributed by atoms with E-state index in [1.54, 1.807) is 43.4 Å². The van der Waals surface area contributed by atoms with E-state index in [2.05, 4.69) is 11.3 Å². The molecule has 0 saturated heterocycles. The zero-order chi connectivity index (χ0) is 15.7. The Morgan fingerprint density at radius 1 is 1.38 bits per heavy atom. The lowest BCUT2D eigenvalue weighted by Crippen LogP contribution is -2.02. The van der Waals surface area contributed by atoms with E-state index in [1.807, 2.05) is 6.07 Å². The van der Waals surface area contributed by atoms with Crippen molar-refractivity contribution >= 4 is 12.3 Å². The second kappa shape index (κ2) is 8.53. The van der Waals surface area contributed by atoms with E-state index in [0.717, 1.165) is 11.8 Å². The third-order valence-electron chi connectivity index (χ3n) is 2.69. The number of hydrogen-bond donors (Lipinski definition) is 0. The first-order chi connectivity index (χ1) is 10.1. The summed E-state index contributed by atoms with van der Waals surface area (Å²) >= 11 is 0. The molecule has 4 nitrogen and oxygen atoms in total. The third kappa shape index (κ3) is 5.10. The van der Waals surface area contributed by atoms with Gasteiger partial charge in [0.15, 0.2) is 0 Å². The van der Waals surface area contributed by atoms with Crippen molar-refractivity contribution in [1.29, 1.82) is 0 Å². The largest absolute Gasteiger partial charge is 0.489 e. The summed E-state index contributed by atoms with van der Waals surface area (Å²) < 4.78 is 10.3. The SMILES string of the molecule is C=C/C=C\C(OCc1cccc(C(=O)OC)c1)=C(/C)C=O. The fourth-order valence-electron chi connectivity index (χ4n) is 1.57. The molecule has 0 N–H and O–H groups in total. The topological polar surface area (TPSA) is 52.6 Å². The van der Waals surface area contributed by atoms with Crippen LogP contribution in [0.5, 0.6) is 0 Å². The second-order valence-electron chi connectivity index (χ2n) is 4.24. The predicted molar refractivity (Wildman–Crippen MR) is 80.7 cm³/mol. The molecule has 0 aromatic heterocycles. The van der Waals surface area contributed by atoms with Crippen LogP contribution < -0.4 is 0 Å². The molecule has 0 saturated carbocycles. The highest BCUT2D eigenvalue weighted by Gasteiger charge is 2.06. The number of benzene rings is 1. The molecular weight excluding hydrogens is 268 g/mol. The van der Waals surface area contributed by atoms with Gasteiger partial charge in [-0.3, -0.25) is 4.79 Å². The van der Waals surface area contributed by atoms with Crippen molar-refractivity contribution < 1.29 is 19.1 Å². The Kier molecular flexibility index (Phi) is 6.68. The fourth-order valence-corrected chi connectivity index (χ4v) is 1.57. The van der Waals surface area contributed by atoms with E-state index >= 15 is 0 Å². The lowest BCUT2D eigenvalue weighted by Gasteiger charge is -2.09. The van der Waals surface area contributed by atoms with Crippen LogP contribution in [0.3, 0.4) is 0 Å². The Morgan fingerprint density at radius 3 is 2.76 bits per heavy atom. The number of esters is 1. The zero-order valence-electron chi connectivity index (χ0n) is 12.2. The van der Waals surface area contributed by atoms with Crippen LogP contribution in [0.1, 0.15) is 22.8 Å². The number of rotatable bonds is 7. The average Bonchev–Trinajstić information content (AvgIpc) is 2.53. The van der Waals surface area contributed by atoms with Gasteiger partial charge in [-0.25, -0.2) is 4.79 Å². The molecule has 0 radical (unpaired) electrons. The van der Waals surface area contributed by atoms with Crippen LogP contribution in [-0.2, 0) is 20.9 Å². The van der Waals surface area contributed by atoms with Crippen molar-refractivity contribution in [3.63, 3.8) is 0 Å². The summed E-state index contributed by atoms with van der Waals surface area (Å²) in [4.78, 5) is 22.3. The number of hydrogen-bond acceptors (Lipinski definition) is 4. The first kappa shape index (κ1) is 16.4. The van der Waals surface area contributed by atoms with E-state index in [1.165, 1.54) is 7.11 Å². The molecule has 0 atom stereocenters. The van der Waals surface area contributed by atoms with Crippen molar-refractivity contribution in [2.45, 2.75) is 13.5 Å². The smallest absolute Gasteiger partial charge is 0.337 e. The van der Waals surface area contributed by atoms with Crippen LogP contribution in [0.4, 0.5) is 0 Å². The molecule has 0 aliphatic carbocycles. The highest BCUT2D eigenvalue weighted by molar-refractivity contribution is 5.89. The van der Waals surface area contributed by atoms with Crippen LogP contribution >= 0.6 is 0 Å². The number of methoxy groups -OCH3 is 1. The molecule has 1 rings (SSSR count). The van der Waals surface area contributed by atoms with Gasteiger partial charge in [0, 0.05) is 5.57 Å². The molecule has 0 aliphatic rings. The lowest BCUT2D eigenvalue weighted by molar-refractivity contribution is -0.105. The fraction of sp³-hybridized carbons (Fsp3) is 0.176. The minimum atomic E-state index is -0.400. The molecule has 4 heteroatoms. The summed E-state index contributed by atoms with van der Waals surface area (Å²) in [5.41, 5.74) is 1.75. The van der Waals surface area contributed by atoms with Gasteiger partial charge in [-0.15, -0.1) is 0 Å². The molecule has 0 heterocycles. The van der Waals surface area contributed by atoms with Gasteiger partial charge in [0.25, 0.3) is 0 Å². The number of allylic oxidation sites excluding steroid dienone is 4. The van der Waals surface area contributed by atoms with Crippen LogP contribution in [0.25, 0.3) is 0 Å². The summed E-state index contributed by atoms with van der Waals surface area (Å²) in [6.07, 6.45) is 5.68.